The minimum absolute atomic E-state index is 0.980. The van der Waals surface area contributed by atoms with Crippen molar-refractivity contribution in [3.05, 3.63) is 43.1 Å². The first-order chi connectivity index (χ1) is 6.95. The maximum atomic E-state index is 5.06. The van der Waals surface area contributed by atoms with Gasteiger partial charge in [-0.2, -0.15) is 0 Å². The number of rotatable bonds is 1. The number of aromatic amines is 1. The Labute approximate surface area is 80.4 Å². The van der Waals surface area contributed by atoms with E-state index >= 15 is 0 Å². The molecule has 3 rings (SSSR count). The van der Waals surface area contributed by atoms with Crippen molar-refractivity contribution in [2.75, 3.05) is 0 Å². The second kappa shape index (κ2) is 2.73. The molecule has 0 aliphatic carbocycles. The zero-order valence-electron chi connectivity index (χ0n) is 7.40. The summed E-state index contributed by atoms with van der Waals surface area (Å²) in [6.45, 7) is 0. The van der Waals surface area contributed by atoms with E-state index in [-0.39, 0.29) is 0 Å². The van der Waals surface area contributed by atoms with Gasteiger partial charge in [-0.05, 0) is 12.1 Å². The lowest BCUT2D eigenvalue weighted by Crippen LogP contribution is -1.76. The summed E-state index contributed by atoms with van der Waals surface area (Å²) < 4.78 is 5.06. The number of para-hydroxylation sites is 1. The van der Waals surface area contributed by atoms with Crippen LogP contribution in [0.1, 0.15) is 0 Å². The lowest BCUT2D eigenvalue weighted by Gasteiger charge is -1.97. The van der Waals surface area contributed by atoms with Crippen LogP contribution in [0.4, 0.5) is 0 Å². The van der Waals surface area contributed by atoms with Crippen molar-refractivity contribution in [1.82, 2.24) is 9.97 Å². The van der Waals surface area contributed by atoms with Crippen LogP contribution in [0, 0.1) is 0 Å². The van der Waals surface area contributed by atoms with Crippen LogP contribution in [-0.2, 0) is 0 Å². The Morgan fingerprint density at radius 2 is 2.21 bits per heavy atom. The molecule has 0 aliphatic rings. The zero-order chi connectivity index (χ0) is 9.38. The van der Waals surface area contributed by atoms with Gasteiger partial charge in [0.05, 0.1) is 29.9 Å². The predicted octanol–water partition coefficient (Wildman–Crippen LogP) is 2.82. The molecule has 0 unspecified atom stereocenters. The van der Waals surface area contributed by atoms with Crippen molar-refractivity contribution in [3.63, 3.8) is 0 Å². The van der Waals surface area contributed by atoms with E-state index in [9.17, 15) is 0 Å². The molecule has 3 nitrogen and oxygen atoms in total. The summed E-state index contributed by atoms with van der Waals surface area (Å²) in [6.07, 6.45) is 5.10. The number of nitrogens with zero attached hydrogens (tertiary/aromatic N) is 1. The number of fused-ring (bicyclic) bond motifs is 1. The van der Waals surface area contributed by atoms with Crippen LogP contribution in [0.5, 0.6) is 0 Å². The lowest BCUT2D eigenvalue weighted by molar-refractivity contribution is 0.568. The third-order valence-electron chi connectivity index (χ3n) is 2.28. The summed E-state index contributed by atoms with van der Waals surface area (Å²) in [6, 6.07) is 7.98. The van der Waals surface area contributed by atoms with E-state index in [0.29, 0.717) is 0 Å². The smallest absolute Gasteiger partial charge is 0.0981 e. The Bertz CT molecular complexity index is 551. The largest absolute Gasteiger partial charge is 0.472 e. The van der Waals surface area contributed by atoms with Gasteiger partial charge in [-0.1, -0.05) is 12.1 Å². The van der Waals surface area contributed by atoms with Gasteiger partial charge in [0.15, 0.2) is 0 Å². The molecule has 0 radical (unpaired) electrons. The molecule has 14 heavy (non-hydrogen) atoms. The van der Waals surface area contributed by atoms with Crippen molar-refractivity contribution in [2.45, 2.75) is 0 Å². The molecular weight excluding hydrogens is 176 g/mol. The molecule has 0 saturated heterocycles. The second-order valence-electron chi connectivity index (χ2n) is 3.12. The molecule has 2 aromatic heterocycles. The zero-order valence-corrected chi connectivity index (χ0v) is 7.40. The van der Waals surface area contributed by atoms with Crippen molar-refractivity contribution in [3.8, 4) is 11.1 Å². The quantitative estimate of drug-likeness (QED) is 0.631. The number of hydrogen-bond acceptors (Lipinski definition) is 2. The summed E-state index contributed by atoms with van der Waals surface area (Å²) in [5.74, 6) is 0. The number of imidazole rings is 1. The fourth-order valence-electron chi connectivity index (χ4n) is 1.62. The summed E-state index contributed by atoms with van der Waals surface area (Å²) in [5.41, 5.74) is 4.18. The average Bonchev–Trinajstić information content (AvgIpc) is 2.88. The van der Waals surface area contributed by atoms with E-state index in [4.69, 9.17) is 4.42 Å². The van der Waals surface area contributed by atoms with Gasteiger partial charge in [0.25, 0.3) is 0 Å². The van der Waals surface area contributed by atoms with Crippen LogP contribution >= 0.6 is 0 Å². The first-order valence-electron chi connectivity index (χ1n) is 4.40. The summed E-state index contributed by atoms with van der Waals surface area (Å²) in [7, 11) is 0. The highest BCUT2D eigenvalue weighted by molar-refractivity contribution is 5.91. The van der Waals surface area contributed by atoms with Crippen molar-refractivity contribution in [2.24, 2.45) is 0 Å². The molecule has 68 valence electrons. The number of furan rings is 1. The standard InChI is InChI=1S/C11H8N2O/c1-2-9(8-4-5-14-6-8)11-10(3-1)12-7-13-11/h1-7H,(H,12,13). The van der Waals surface area contributed by atoms with Gasteiger partial charge in [0.2, 0.25) is 0 Å². The van der Waals surface area contributed by atoms with Crippen molar-refractivity contribution < 1.29 is 4.42 Å². The van der Waals surface area contributed by atoms with Crippen LogP contribution in [0.3, 0.4) is 0 Å². The molecule has 0 atom stereocenters. The highest BCUT2D eigenvalue weighted by Gasteiger charge is 2.05. The number of benzene rings is 1. The minimum atomic E-state index is 0.980. The molecular formula is C11H8N2O. The first-order valence-corrected chi connectivity index (χ1v) is 4.40. The highest BCUT2D eigenvalue weighted by Crippen LogP contribution is 2.26. The van der Waals surface area contributed by atoms with Gasteiger partial charge in [-0.3, -0.25) is 0 Å². The first kappa shape index (κ1) is 7.38. The molecule has 0 bridgehead atoms. The third kappa shape index (κ3) is 0.956. The summed E-state index contributed by atoms with van der Waals surface area (Å²) >= 11 is 0. The topological polar surface area (TPSA) is 41.8 Å². The van der Waals surface area contributed by atoms with Gasteiger partial charge >= 0.3 is 0 Å². The molecule has 1 N–H and O–H groups in total. The van der Waals surface area contributed by atoms with Gasteiger partial charge in [0.1, 0.15) is 0 Å². The third-order valence-corrected chi connectivity index (χ3v) is 2.28. The molecule has 0 saturated carbocycles. The van der Waals surface area contributed by atoms with Crippen molar-refractivity contribution >= 4 is 11.0 Å². The Morgan fingerprint density at radius 1 is 1.21 bits per heavy atom. The van der Waals surface area contributed by atoms with E-state index in [1.54, 1.807) is 18.9 Å². The maximum absolute atomic E-state index is 5.06. The summed E-state index contributed by atoms with van der Waals surface area (Å²) in [4.78, 5) is 7.36. The average molecular weight is 184 g/mol. The molecule has 3 aromatic rings. The van der Waals surface area contributed by atoms with Crippen molar-refractivity contribution in [1.29, 1.82) is 0 Å². The second-order valence-corrected chi connectivity index (χ2v) is 3.12. The molecule has 1 aromatic carbocycles. The molecule has 0 fully saturated rings. The maximum Gasteiger partial charge on any atom is 0.0981 e. The minimum Gasteiger partial charge on any atom is -0.472 e. The Hall–Kier alpha value is -2.03. The van der Waals surface area contributed by atoms with Gasteiger partial charge < -0.3 is 9.40 Å². The van der Waals surface area contributed by atoms with Crippen LogP contribution in [0.15, 0.2) is 47.5 Å². The predicted molar refractivity (Wildman–Crippen MR) is 53.8 cm³/mol. The molecule has 2 heterocycles. The van der Waals surface area contributed by atoms with E-state index in [2.05, 4.69) is 9.97 Å². The SMILES string of the molecule is c1cc(-c2ccoc2)c2nc[nH]c2c1. The number of hydrogen-bond donors (Lipinski definition) is 1. The van der Waals surface area contributed by atoms with Crippen LogP contribution in [0.25, 0.3) is 22.2 Å². The highest BCUT2D eigenvalue weighted by atomic mass is 16.3. The van der Waals surface area contributed by atoms with Gasteiger partial charge in [0, 0.05) is 11.1 Å². The number of aromatic nitrogens is 2. The van der Waals surface area contributed by atoms with E-state index in [1.165, 1.54) is 0 Å². The van der Waals surface area contributed by atoms with E-state index < -0.39 is 0 Å². The van der Waals surface area contributed by atoms with E-state index in [0.717, 1.165) is 22.2 Å². The fourth-order valence-corrected chi connectivity index (χ4v) is 1.62. The van der Waals surface area contributed by atoms with Gasteiger partial charge in [-0.15, -0.1) is 0 Å². The number of H-pyrrole nitrogens is 1. The van der Waals surface area contributed by atoms with Crippen LogP contribution < -0.4 is 0 Å². The molecule has 0 amide bonds. The number of nitrogens with one attached hydrogen (secondary N) is 1. The van der Waals surface area contributed by atoms with Crippen LogP contribution in [-0.4, -0.2) is 9.97 Å². The summed E-state index contributed by atoms with van der Waals surface area (Å²) in [5, 5.41) is 0. The monoisotopic (exact) mass is 184 g/mol. The van der Waals surface area contributed by atoms with E-state index in [1.807, 2.05) is 24.3 Å². The molecule has 0 spiro atoms. The fraction of sp³-hybridized carbons (Fsp3) is 0. The Kier molecular flexibility index (Phi) is 1.44. The Morgan fingerprint density at radius 3 is 3.07 bits per heavy atom. The van der Waals surface area contributed by atoms with Crippen LogP contribution in [0.2, 0.25) is 0 Å². The lowest BCUT2D eigenvalue weighted by atomic mass is 10.1. The molecule has 3 heteroatoms. The normalized spacial score (nSPS) is 10.9. The van der Waals surface area contributed by atoms with Gasteiger partial charge in [-0.25, -0.2) is 4.98 Å². The Balaban J connectivity index is 2.36. The molecule has 0 aliphatic heterocycles.